The predicted molar refractivity (Wildman–Crippen MR) is 157 cm³/mol. The lowest BCUT2D eigenvalue weighted by molar-refractivity contribution is 0.0990. The number of benzene rings is 2. The maximum absolute atomic E-state index is 13.0. The molecule has 5 rings (SSSR count). The molecule has 1 fully saturated rings. The van der Waals surface area contributed by atoms with Gasteiger partial charge in [-0.05, 0) is 79.9 Å². The van der Waals surface area contributed by atoms with Crippen LogP contribution in [0.4, 0.5) is 5.82 Å². The van der Waals surface area contributed by atoms with Crippen molar-refractivity contribution in [3.05, 3.63) is 102 Å². The van der Waals surface area contributed by atoms with Crippen molar-refractivity contribution in [2.45, 2.75) is 32.2 Å². The summed E-state index contributed by atoms with van der Waals surface area (Å²) in [5, 5.41) is 11.8. The molecule has 2 aromatic carbocycles. The largest absolute Gasteiger partial charge is 0.368 e. The smallest absolute Gasteiger partial charge is 0.269 e. The Balaban J connectivity index is 1.37. The van der Waals surface area contributed by atoms with E-state index in [1.54, 1.807) is 48.7 Å². The van der Waals surface area contributed by atoms with E-state index in [9.17, 15) is 9.59 Å². The van der Waals surface area contributed by atoms with Crippen molar-refractivity contribution >= 4 is 17.6 Å². The number of hydrogen-bond acceptors (Lipinski definition) is 7. The number of carbonyl (C=O) groups is 2. The fourth-order valence-corrected chi connectivity index (χ4v) is 5.11. The van der Waals surface area contributed by atoms with E-state index in [4.69, 9.17) is 21.8 Å². The van der Waals surface area contributed by atoms with E-state index in [1.165, 1.54) is 4.68 Å². The third kappa shape index (κ3) is 5.65. The SMILES string of the molecule is CC=CN1CCCCC1c1nc(-c2ccc(C(=O)Nc3cc(-c4ccc(C#N)cc4)ccn3)cc2)c(C(N)=O)n1N. The van der Waals surface area contributed by atoms with Gasteiger partial charge in [0.25, 0.3) is 11.8 Å². The fourth-order valence-electron chi connectivity index (χ4n) is 5.11. The van der Waals surface area contributed by atoms with E-state index in [1.807, 2.05) is 37.4 Å². The van der Waals surface area contributed by atoms with Crippen molar-refractivity contribution < 1.29 is 9.59 Å². The molecule has 1 atom stereocenters. The first-order valence-corrected chi connectivity index (χ1v) is 13.3. The van der Waals surface area contributed by atoms with Gasteiger partial charge >= 0.3 is 0 Å². The van der Waals surface area contributed by atoms with Crippen LogP contribution < -0.4 is 16.9 Å². The number of nitrogens with zero attached hydrogens (tertiary/aromatic N) is 5. The number of pyridine rings is 1. The molecule has 0 saturated carbocycles. The van der Waals surface area contributed by atoms with Crippen molar-refractivity contribution in [3.63, 3.8) is 0 Å². The number of amides is 2. The summed E-state index contributed by atoms with van der Waals surface area (Å²) in [6.45, 7) is 2.83. The summed E-state index contributed by atoms with van der Waals surface area (Å²) in [5.41, 5.74) is 9.57. The van der Waals surface area contributed by atoms with Crippen LogP contribution in [0.5, 0.6) is 0 Å². The Hall–Kier alpha value is -5.43. The van der Waals surface area contributed by atoms with E-state index < -0.39 is 5.91 Å². The number of carbonyl (C=O) groups excluding carboxylic acids is 2. The van der Waals surface area contributed by atoms with Crippen LogP contribution in [-0.2, 0) is 0 Å². The Morgan fingerprint density at radius 2 is 1.78 bits per heavy atom. The number of nitrogens with two attached hydrogens (primary N) is 2. The molecule has 41 heavy (non-hydrogen) atoms. The van der Waals surface area contributed by atoms with Crippen LogP contribution in [0, 0.1) is 11.3 Å². The number of aromatic nitrogens is 3. The van der Waals surface area contributed by atoms with Gasteiger partial charge in [-0.2, -0.15) is 5.26 Å². The highest BCUT2D eigenvalue weighted by molar-refractivity contribution is 6.04. The number of anilines is 1. The van der Waals surface area contributed by atoms with Gasteiger partial charge in [-0.1, -0.05) is 30.3 Å². The average Bonchev–Trinajstić information content (AvgIpc) is 3.35. The highest BCUT2D eigenvalue weighted by atomic mass is 16.2. The average molecular weight is 547 g/mol. The third-order valence-electron chi connectivity index (χ3n) is 7.12. The number of likely N-dealkylation sites (tertiary alicyclic amines) is 1. The topological polar surface area (TPSA) is 156 Å². The molecular formula is C31H30N8O2. The van der Waals surface area contributed by atoms with Crippen LogP contribution in [0.3, 0.4) is 0 Å². The van der Waals surface area contributed by atoms with E-state index in [0.29, 0.717) is 34.0 Å². The van der Waals surface area contributed by atoms with E-state index in [2.05, 4.69) is 21.3 Å². The molecular weight excluding hydrogens is 516 g/mol. The van der Waals surface area contributed by atoms with Crippen molar-refractivity contribution in [1.82, 2.24) is 19.5 Å². The zero-order chi connectivity index (χ0) is 28.9. The van der Waals surface area contributed by atoms with Gasteiger partial charge in [0.15, 0.2) is 11.5 Å². The second-order valence-electron chi connectivity index (χ2n) is 9.78. The van der Waals surface area contributed by atoms with Crippen molar-refractivity contribution in [3.8, 4) is 28.5 Å². The predicted octanol–water partition coefficient (Wildman–Crippen LogP) is 4.61. The molecule has 2 amide bonds. The maximum Gasteiger partial charge on any atom is 0.269 e. The third-order valence-corrected chi connectivity index (χ3v) is 7.12. The van der Waals surface area contributed by atoms with Gasteiger partial charge in [-0.3, -0.25) is 9.59 Å². The molecule has 0 bridgehead atoms. The lowest BCUT2D eigenvalue weighted by Crippen LogP contribution is -2.33. The number of hydrogen-bond donors (Lipinski definition) is 3. The second-order valence-corrected chi connectivity index (χ2v) is 9.78. The minimum Gasteiger partial charge on any atom is -0.368 e. The fraction of sp³-hybridized carbons (Fsp3) is 0.194. The molecule has 3 heterocycles. The number of piperidine rings is 1. The van der Waals surface area contributed by atoms with Gasteiger partial charge in [0.05, 0.1) is 17.7 Å². The van der Waals surface area contributed by atoms with E-state index >= 15 is 0 Å². The van der Waals surface area contributed by atoms with Gasteiger partial charge in [-0.15, -0.1) is 0 Å². The molecule has 4 aromatic rings. The standard InChI is InChI=1S/C31H30N8O2/c1-2-16-38-17-4-3-5-25(38)30-37-27(28(29(33)40)39(30)34)22-10-12-23(13-11-22)31(41)36-26-18-24(14-15-35-26)21-8-6-20(19-32)7-9-21/h2,6-16,18,25H,3-5,17,34H2,1H3,(H2,33,40)(H,35,36,41). The second kappa shape index (κ2) is 11.8. The summed E-state index contributed by atoms with van der Waals surface area (Å²) in [4.78, 5) is 36.7. The summed E-state index contributed by atoms with van der Waals surface area (Å²) < 4.78 is 1.30. The van der Waals surface area contributed by atoms with Gasteiger partial charge in [-0.25, -0.2) is 14.6 Å². The van der Waals surface area contributed by atoms with Crippen LogP contribution in [0.2, 0.25) is 0 Å². The first-order chi connectivity index (χ1) is 19.9. The number of allylic oxidation sites excluding steroid dienone is 1. The number of nitriles is 1. The zero-order valence-electron chi connectivity index (χ0n) is 22.6. The van der Waals surface area contributed by atoms with Crippen LogP contribution in [0.15, 0.2) is 79.1 Å². The number of imidazole rings is 1. The number of nitrogen functional groups attached to an aromatic ring is 1. The molecule has 1 aliphatic heterocycles. The summed E-state index contributed by atoms with van der Waals surface area (Å²) in [7, 11) is 0. The summed E-state index contributed by atoms with van der Waals surface area (Å²) in [6, 6.07) is 19.5. The van der Waals surface area contributed by atoms with Crippen molar-refractivity contribution in [2.75, 3.05) is 17.7 Å². The molecule has 206 valence electrons. The minimum absolute atomic E-state index is 0.0746. The molecule has 10 nitrogen and oxygen atoms in total. The van der Waals surface area contributed by atoms with Crippen molar-refractivity contribution in [1.29, 1.82) is 5.26 Å². The summed E-state index contributed by atoms with van der Waals surface area (Å²) in [5.74, 6) is 6.32. The Morgan fingerprint density at radius 1 is 1.05 bits per heavy atom. The van der Waals surface area contributed by atoms with Gasteiger partial charge in [0.2, 0.25) is 0 Å². The first kappa shape index (κ1) is 27.1. The Bertz CT molecular complexity index is 1650. The van der Waals surface area contributed by atoms with E-state index in [-0.39, 0.29) is 17.6 Å². The molecule has 2 aromatic heterocycles. The normalized spacial score (nSPS) is 15.0. The van der Waals surface area contributed by atoms with Crippen molar-refractivity contribution in [2.24, 2.45) is 5.73 Å². The Labute approximate surface area is 237 Å². The molecule has 5 N–H and O–H groups in total. The molecule has 0 radical (unpaired) electrons. The Kier molecular flexibility index (Phi) is 7.78. The van der Waals surface area contributed by atoms with Gasteiger partial charge in [0.1, 0.15) is 11.5 Å². The van der Waals surface area contributed by atoms with Crippen LogP contribution >= 0.6 is 0 Å². The molecule has 0 spiro atoms. The number of primary amides is 1. The Morgan fingerprint density at radius 3 is 2.46 bits per heavy atom. The van der Waals surface area contributed by atoms with Gasteiger partial charge < -0.3 is 21.8 Å². The van der Waals surface area contributed by atoms with E-state index in [0.717, 1.165) is 36.9 Å². The molecule has 1 unspecified atom stereocenters. The quantitative estimate of drug-likeness (QED) is 0.286. The van der Waals surface area contributed by atoms with Gasteiger partial charge in [0, 0.05) is 23.9 Å². The number of nitrogens with one attached hydrogen (secondary N) is 1. The van der Waals surface area contributed by atoms with Crippen LogP contribution in [-0.4, -0.2) is 37.9 Å². The lowest BCUT2D eigenvalue weighted by Gasteiger charge is -2.34. The number of rotatable bonds is 7. The zero-order valence-corrected chi connectivity index (χ0v) is 22.6. The first-order valence-electron chi connectivity index (χ1n) is 13.3. The molecule has 10 heteroatoms. The summed E-state index contributed by atoms with van der Waals surface area (Å²) >= 11 is 0. The highest BCUT2D eigenvalue weighted by Gasteiger charge is 2.30. The lowest BCUT2D eigenvalue weighted by atomic mass is 10.0. The minimum atomic E-state index is -0.676. The molecule has 1 aliphatic rings. The summed E-state index contributed by atoms with van der Waals surface area (Å²) in [6.07, 6.45) is 8.56. The highest BCUT2D eigenvalue weighted by Crippen LogP contribution is 2.33. The molecule has 1 saturated heterocycles. The molecule has 0 aliphatic carbocycles. The maximum atomic E-state index is 13.0. The van der Waals surface area contributed by atoms with Crippen LogP contribution in [0.25, 0.3) is 22.4 Å². The van der Waals surface area contributed by atoms with Crippen LogP contribution in [0.1, 0.15) is 64.5 Å². The monoisotopic (exact) mass is 546 g/mol.